The summed E-state index contributed by atoms with van der Waals surface area (Å²) in [5.74, 6) is -2.59. The molecule has 10 nitrogen and oxygen atoms in total. The topological polar surface area (TPSA) is 135 Å². The minimum Gasteiger partial charge on any atom is -0.465 e. The second-order valence-corrected chi connectivity index (χ2v) is 9.80. The lowest BCUT2D eigenvalue weighted by Gasteiger charge is -2.35. The van der Waals surface area contributed by atoms with Crippen molar-refractivity contribution < 1.29 is 48.0 Å². The minimum atomic E-state index is -1.80. The maximum Gasteiger partial charge on any atom is 0.303 e. The van der Waals surface area contributed by atoms with Crippen molar-refractivity contribution in [1.29, 1.82) is 0 Å². The summed E-state index contributed by atoms with van der Waals surface area (Å²) in [7, 11) is 0. The van der Waals surface area contributed by atoms with Gasteiger partial charge in [0.25, 0.3) is 0 Å². The number of hydrogen-bond donors (Lipinski definition) is 1. The van der Waals surface area contributed by atoms with Crippen LogP contribution >= 0.6 is 45.2 Å². The van der Waals surface area contributed by atoms with Crippen molar-refractivity contribution in [3.05, 3.63) is 27.3 Å². The number of alkyl halides is 1. The number of aliphatic hydroxyl groups is 1. The molecule has 0 amide bonds. The van der Waals surface area contributed by atoms with Gasteiger partial charge in [0, 0.05) is 31.3 Å². The van der Waals surface area contributed by atoms with Crippen molar-refractivity contribution in [3.8, 4) is 5.75 Å². The van der Waals surface area contributed by atoms with E-state index < -0.39 is 52.4 Å². The van der Waals surface area contributed by atoms with Crippen LogP contribution in [0.5, 0.6) is 5.75 Å². The van der Waals surface area contributed by atoms with E-state index in [0.717, 1.165) is 24.3 Å². The summed E-state index contributed by atoms with van der Waals surface area (Å²) in [5, 5.41) is 10.9. The Hall–Kier alpha value is -1.68. The molecule has 0 spiro atoms. The van der Waals surface area contributed by atoms with Crippen molar-refractivity contribution in [2.75, 3.05) is 6.61 Å². The van der Waals surface area contributed by atoms with E-state index in [0.29, 0.717) is 11.3 Å². The lowest BCUT2D eigenvalue weighted by Crippen LogP contribution is -2.55. The molecule has 0 aliphatic rings. The SMILES string of the molecule is CC(=O)OCC(I)[C@@H](OC(C)=O)C(OC(C)=O)C(OC(C)=O)[C@H](O)Oc1ccc(I)cc1C. The highest BCUT2D eigenvalue weighted by Crippen LogP contribution is 2.27. The van der Waals surface area contributed by atoms with Crippen molar-refractivity contribution in [2.24, 2.45) is 0 Å². The first kappa shape index (κ1) is 29.4. The Kier molecular flexibility index (Phi) is 12.4. The number of benzene rings is 1. The molecule has 1 N–H and O–H groups in total. The molecular weight excluding hydrogens is 666 g/mol. The molecule has 3 unspecified atom stereocenters. The Morgan fingerprint density at radius 1 is 0.879 bits per heavy atom. The lowest BCUT2D eigenvalue weighted by atomic mass is 10.0. The smallest absolute Gasteiger partial charge is 0.303 e. The summed E-state index contributed by atoms with van der Waals surface area (Å²) in [4.78, 5) is 46.7. The van der Waals surface area contributed by atoms with Crippen LogP contribution < -0.4 is 4.74 Å². The molecule has 0 bridgehead atoms. The highest BCUT2D eigenvalue weighted by atomic mass is 127. The quantitative estimate of drug-likeness (QED) is 0.121. The van der Waals surface area contributed by atoms with E-state index in [4.69, 9.17) is 23.7 Å². The molecule has 12 heteroatoms. The molecule has 5 atom stereocenters. The first-order valence-corrected chi connectivity index (χ1v) is 12.0. The number of halogens is 2. The Bertz CT molecular complexity index is 859. The predicted molar refractivity (Wildman–Crippen MR) is 132 cm³/mol. The van der Waals surface area contributed by atoms with Gasteiger partial charge >= 0.3 is 23.9 Å². The molecule has 184 valence electrons. The van der Waals surface area contributed by atoms with Crippen LogP contribution in [0.3, 0.4) is 0 Å². The average molecular weight is 692 g/mol. The number of hydrogen-bond acceptors (Lipinski definition) is 10. The van der Waals surface area contributed by atoms with E-state index in [-0.39, 0.29) is 6.61 Å². The zero-order valence-corrected chi connectivity index (χ0v) is 23.0. The summed E-state index contributed by atoms with van der Waals surface area (Å²) in [6.07, 6.45) is -6.12. The maximum absolute atomic E-state index is 11.9. The van der Waals surface area contributed by atoms with Gasteiger partial charge in [0.2, 0.25) is 12.4 Å². The third kappa shape index (κ3) is 10.4. The number of aliphatic hydroxyl groups excluding tert-OH is 1. The van der Waals surface area contributed by atoms with E-state index in [9.17, 15) is 24.3 Å². The predicted octanol–water partition coefficient (Wildman–Crippen LogP) is 2.46. The molecule has 33 heavy (non-hydrogen) atoms. The Balaban J connectivity index is 3.37. The van der Waals surface area contributed by atoms with Crippen molar-refractivity contribution in [3.63, 3.8) is 0 Å². The second kappa shape index (κ2) is 13.9. The van der Waals surface area contributed by atoms with Crippen LogP contribution in [0, 0.1) is 10.5 Å². The van der Waals surface area contributed by atoms with Crippen LogP contribution in [0.1, 0.15) is 33.3 Å². The van der Waals surface area contributed by atoms with Gasteiger partial charge in [0.15, 0.2) is 12.2 Å². The molecule has 1 aromatic rings. The van der Waals surface area contributed by atoms with Gasteiger partial charge in [0.1, 0.15) is 12.4 Å². The van der Waals surface area contributed by atoms with Gasteiger partial charge in [-0.25, -0.2) is 0 Å². The second-order valence-electron chi connectivity index (χ2n) is 6.96. The fourth-order valence-electron chi connectivity index (χ4n) is 2.76. The first-order valence-electron chi connectivity index (χ1n) is 9.71. The van der Waals surface area contributed by atoms with E-state index in [1.54, 1.807) is 19.1 Å². The summed E-state index contributed by atoms with van der Waals surface area (Å²) >= 11 is 3.96. The Morgan fingerprint density at radius 2 is 1.39 bits per heavy atom. The lowest BCUT2D eigenvalue weighted by molar-refractivity contribution is -0.211. The van der Waals surface area contributed by atoms with Crippen molar-refractivity contribution >= 4 is 69.1 Å². The summed E-state index contributed by atoms with van der Waals surface area (Å²) in [6.45, 7) is 6.10. The largest absolute Gasteiger partial charge is 0.465 e. The average Bonchev–Trinajstić information content (AvgIpc) is 2.68. The standard InChI is InChI=1S/C21H26I2O10/c1-10-8-15(22)6-7-17(10)33-21(28)20(32-14(5)27)19(31-13(4)26)18(30-12(3)25)16(23)9-29-11(2)24/h6-8,16,18-21,28H,9H2,1-5H3/t16?,18-,19?,20?,21-/m1/s1. The zero-order valence-electron chi connectivity index (χ0n) is 18.7. The molecular formula is C21H26I2O10. The van der Waals surface area contributed by atoms with Crippen LogP contribution in [-0.4, -0.2) is 64.1 Å². The molecule has 0 saturated heterocycles. The van der Waals surface area contributed by atoms with Crippen molar-refractivity contribution in [2.45, 2.75) is 63.1 Å². The molecule has 0 radical (unpaired) electrons. The molecule has 0 aromatic heterocycles. The van der Waals surface area contributed by atoms with Gasteiger partial charge in [-0.2, -0.15) is 0 Å². The van der Waals surface area contributed by atoms with E-state index in [1.807, 2.05) is 28.7 Å². The van der Waals surface area contributed by atoms with Crippen LogP contribution in [0.4, 0.5) is 0 Å². The highest BCUT2D eigenvalue weighted by Gasteiger charge is 2.45. The van der Waals surface area contributed by atoms with Gasteiger partial charge in [-0.15, -0.1) is 0 Å². The zero-order chi connectivity index (χ0) is 25.3. The van der Waals surface area contributed by atoms with Crippen molar-refractivity contribution in [1.82, 2.24) is 0 Å². The van der Waals surface area contributed by atoms with Crippen LogP contribution in [0.15, 0.2) is 18.2 Å². The molecule has 0 heterocycles. The number of carbonyl (C=O) groups excluding carboxylic acids is 4. The van der Waals surface area contributed by atoms with Crippen LogP contribution in [0.2, 0.25) is 0 Å². The molecule has 0 aliphatic carbocycles. The molecule has 0 fully saturated rings. The van der Waals surface area contributed by atoms with Crippen LogP contribution in [0.25, 0.3) is 0 Å². The van der Waals surface area contributed by atoms with Gasteiger partial charge in [-0.3, -0.25) is 19.2 Å². The number of ether oxygens (including phenoxy) is 5. The van der Waals surface area contributed by atoms with Gasteiger partial charge in [-0.05, 0) is 53.3 Å². The van der Waals surface area contributed by atoms with E-state index in [2.05, 4.69) is 22.6 Å². The summed E-state index contributed by atoms with van der Waals surface area (Å²) in [5.41, 5.74) is 0.699. The molecule has 0 aliphatic heterocycles. The minimum absolute atomic E-state index is 0.203. The molecule has 1 aromatic carbocycles. The normalized spacial score (nSPS) is 15.3. The van der Waals surface area contributed by atoms with E-state index in [1.165, 1.54) is 6.92 Å². The number of aryl methyl sites for hydroxylation is 1. The van der Waals surface area contributed by atoms with Crippen LogP contribution in [-0.2, 0) is 38.1 Å². The van der Waals surface area contributed by atoms with Gasteiger partial charge in [-0.1, -0.05) is 22.6 Å². The van der Waals surface area contributed by atoms with Gasteiger partial charge in [0.05, 0.1) is 3.92 Å². The number of carbonyl (C=O) groups is 4. The fourth-order valence-corrected chi connectivity index (χ4v) is 4.15. The Labute approximate surface area is 218 Å². The monoisotopic (exact) mass is 692 g/mol. The summed E-state index contributed by atoms with van der Waals surface area (Å²) in [6, 6.07) is 5.19. The first-order chi connectivity index (χ1) is 15.3. The third-order valence-electron chi connectivity index (χ3n) is 4.02. The molecule has 1 rings (SSSR count). The van der Waals surface area contributed by atoms with E-state index >= 15 is 0 Å². The number of rotatable bonds is 11. The Morgan fingerprint density at radius 3 is 1.88 bits per heavy atom. The summed E-state index contributed by atoms with van der Waals surface area (Å²) < 4.78 is 26.7. The van der Waals surface area contributed by atoms with Gasteiger partial charge < -0.3 is 28.8 Å². The maximum atomic E-state index is 11.9. The highest BCUT2D eigenvalue weighted by molar-refractivity contribution is 14.1. The third-order valence-corrected chi connectivity index (χ3v) is 5.76. The fraction of sp³-hybridized carbons (Fsp3) is 0.524. The number of esters is 4. The molecule has 0 saturated carbocycles.